The zero-order valence-corrected chi connectivity index (χ0v) is 18.0. The molecule has 0 radical (unpaired) electrons. The fraction of sp³-hybridized carbons (Fsp3) is 0.0968. The Kier molecular flexibility index (Phi) is 4.92. The first-order valence-electron chi connectivity index (χ1n) is 11.1. The van der Waals surface area contributed by atoms with Crippen LogP contribution in [0.15, 0.2) is 121 Å². The van der Waals surface area contributed by atoms with Gasteiger partial charge in [0.05, 0.1) is 5.41 Å². The summed E-state index contributed by atoms with van der Waals surface area (Å²) in [6, 6.07) is 44.3. The molecule has 0 heteroatoms. The van der Waals surface area contributed by atoms with Gasteiger partial charge >= 0.3 is 0 Å². The molecule has 0 nitrogen and oxygen atoms in total. The molecule has 0 fully saturated rings. The lowest BCUT2D eigenvalue weighted by atomic mass is 9.67. The third kappa shape index (κ3) is 2.83. The first-order chi connectivity index (χ1) is 15.4. The first-order valence-corrected chi connectivity index (χ1v) is 11.1. The van der Waals surface area contributed by atoms with E-state index in [0.717, 1.165) is 0 Å². The largest absolute Gasteiger partial charge is 0.0713 e. The van der Waals surface area contributed by atoms with Gasteiger partial charge in [0, 0.05) is 0 Å². The number of benzene rings is 5. The standard InChI is InChI=1S/C29H20.C2H6/c1-2-12-23(13-3-1)29(24-19-18-21-10-4-5-11-22(21)20-24)27-16-8-6-14-25(27)26-15-7-9-17-28(26)29;1-2/h1-20H;1-2H3. The predicted molar refractivity (Wildman–Crippen MR) is 133 cm³/mol. The Labute approximate surface area is 184 Å². The van der Waals surface area contributed by atoms with Gasteiger partial charge in [0.15, 0.2) is 0 Å². The van der Waals surface area contributed by atoms with Gasteiger partial charge in [-0.1, -0.05) is 129 Å². The molecule has 0 aliphatic heterocycles. The zero-order chi connectivity index (χ0) is 21.3. The molecule has 150 valence electrons. The summed E-state index contributed by atoms with van der Waals surface area (Å²) in [5, 5.41) is 2.56. The van der Waals surface area contributed by atoms with E-state index in [9.17, 15) is 0 Å². The maximum absolute atomic E-state index is 2.38. The summed E-state index contributed by atoms with van der Waals surface area (Å²) in [6.45, 7) is 4.00. The van der Waals surface area contributed by atoms with Gasteiger partial charge in [-0.2, -0.15) is 0 Å². The summed E-state index contributed by atoms with van der Waals surface area (Å²) < 4.78 is 0. The highest BCUT2D eigenvalue weighted by molar-refractivity contribution is 5.89. The van der Waals surface area contributed by atoms with E-state index in [1.807, 2.05) is 13.8 Å². The molecule has 5 aromatic carbocycles. The van der Waals surface area contributed by atoms with Gasteiger partial charge in [0.25, 0.3) is 0 Å². The maximum Gasteiger partial charge on any atom is 0.0713 e. The third-order valence-corrected chi connectivity index (χ3v) is 6.34. The fourth-order valence-corrected chi connectivity index (χ4v) is 5.13. The van der Waals surface area contributed by atoms with Crippen molar-refractivity contribution < 1.29 is 0 Å². The minimum atomic E-state index is -0.307. The summed E-state index contributed by atoms with van der Waals surface area (Å²) >= 11 is 0. The van der Waals surface area contributed by atoms with Gasteiger partial charge in [-0.3, -0.25) is 0 Å². The molecular weight excluding hydrogens is 372 g/mol. The Hall–Kier alpha value is -3.64. The van der Waals surface area contributed by atoms with Crippen molar-refractivity contribution in [3.05, 3.63) is 144 Å². The average molecular weight is 399 g/mol. The summed E-state index contributed by atoms with van der Waals surface area (Å²) in [5.41, 5.74) is 7.72. The van der Waals surface area contributed by atoms with Crippen molar-refractivity contribution in [2.24, 2.45) is 0 Å². The van der Waals surface area contributed by atoms with E-state index in [4.69, 9.17) is 0 Å². The van der Waals surface area contributed by atoms with Crippen LogP contribution in [0.2, 0.25) is 0 Å². The number of hydrogen-bond acceptors (Lipinski definition) is 0. The molecule has 5 aromatic rings. The molecular formula is C31H26. The highest BCUT2D eigenvalue weighted by Gasteiger charge is 2.45. The number of hydrogen-bond donors (Lipinski definition) is 0. The van der Waals surface area contributed by atoms with E-state index in [-0.39, 0.29) is 5.41 Å². The highest BCUT2D eigenvalue weighted by Crippen LogP contribution is 2.56. The molecule has 0 spiro atoms. The molecule has 0 N–H and O–H groups in total. The van der Waals surface area contributed by atoms with Crippen LogP contribution in [0.4, 0.5) is 0 Å². The van der Waals surface area contributed by atoms with E-state index in [1.54, 1.807) is 0 Å². The smallest absolute Gasteiger partial charge is 0.0683 e. The van der Waals surface area contributed by atoms with Crippen LogP contribution in [0, 0.1) is 0 Å². The predicted octanol–water partition coefficient (Wildman–Crippen LogP) is 8.23. The second-order valence-electron chi connectivity index (χ2n) is 7.77. The fourth-order valence-electron chi connectivity index (χ4n) is 5.13. The topological polar surface area (TPSA) is 0 Å². The molecule has 1 aliphatic rings. The second-order valence-corrected chi connectivity index (χ2v) is 7.77. The normalized spacial score (nSPS) is 13.1. The monoisotopic (exact) mass is 398 g/mol. The number of rotatable bonds is 2. The van der Waals surface area contributed by atoms with Gasteiger partial charge < -0.3 is 0 Å². The third-order valence-electron chi connectivity index (χ3n) is 6.34. The van der Waals surface area contributed by atoms with E-state index in [1.165, 1.54) is 44.2 Å². The van der Waals surface area contributed by atoms with Gasteiger partial charge in [-0.25, -0.2) is 0 Å². The van der Waals surface area contributed by atoms with Crippen LogP contribution in [0.1, 0.15) is 36.1 Å². The lowest BCUT2D eigenvalue weighted by molar-refractivity contribution is 0.770. The molecule has 0 amide bonds. The summed E-state index contributed by atoms with van der Waals surface area (Å²) in [5.74, 6) is 0. The van der Waals surface area contributed by atoms with Gasteiger partial charge in [-0.05, 0) is 50.2 Å². The van der Waals surface area contributed by atoms with Crippen LogP contribution in [0.25, 0.3) is 21.9 Å². The van der Waals surface area contributed by atoms with Crippen LogP contribution in [0.3, 0.4) is 0 Å². The van der Waals surface area contributed by atoms with Crippen LogP contribution in [-0.4, -0.2) is 0 Å². The SMILES string of the molecule is CC.c1ccc(C2(c3ccc4ccccc4c3)c3ccccc3-c3ccccc32)cc1. The molecule has 0 unspecified atom stereocenters. The van der Waals surface area contributed by atoms with E-state index in [2.05, 4.69) is 121 Å². The van der Waals surface area contributed by atoms with Gasteiger partial charge in [0.2, 0.25) is 0 Å². The van der Waals surface area contributed by atoms with Crippen molar-refractivity contribution in [1.82, 2.24) is 0 Å². The minimum Gasteiger partial charge on any atom is -0.0683 e. The van der Waals surface area contributed by atoms with Crippen LogP contribution < -0.4 is 0 Å². The molecule has 0 bridgehead atoms. The van der Waals surface area contributed by atoms with Crippen LogP contribution >= 0.6 is 0 Å². The molecule has 0 atom stereocenters. The summed E-state index contributed by atoms with van der Waals surface area (Å²) in [6.07, 6.45) is 0. The summed E-state index contributed by atoms with van der Waals surface area (Å²) in [7, 11) is 0. The zero-order valence-electron chi connectivity index (χ0n) is 18.0. The van der Waals surface area contributed by atoms with Crippen molar-refractivity contribution in [1.29, 1.82) is 0 Å². The van der Waals surface area contributed by atoms with Crippen molar-refractivity contribution in [2.75, 3.05) is 0 Å². The van der Waals surface area contributed by atoms with Crippen molar-refractivity contribution >= 4 is 10.8 Å². The first kappa shape index (κ1) is 19.3. The number of fused-ring (bicyclic) bond motifs is 4. The van der Waals surface area contributed by atoms with E-state index < -0.39 is 0 Å². The molecule has 0 aromatic heterocycles. The van der Waals surface area contributed by atoms with Crippen molar-refractivity contribution in [3.8, 4) is 11.1 Å². The molecule has 1 aliphatic carbocycles. The van der Waals surface area contributed by atoms with Crippen LogP contribution in [-0.2, 0) is 5.41 Å². The molecule has 0 heterocycles. The maximum atomic E-state index is 2.38. The van der Waals surface area contributed by atoms with E-state index >= 15 is 0 Å². The molecule has 6 rings (SSSR count). The highest BCUT2D eigenvalue weighted by atomic mass is 14.5. The average Bonchev–Trinajstić information content (AvgIpc) is 3.17. The Morgan fingerprint density at radius 1 is 0.419 bits per heavy atom. The second kappa shape index (κ2) is 7.89. The Balaban J connectivity index is 0.000000994. The Morgan fingerprint density at radius 2 is 0.935 bits per heavy atom. The summed E-state index contributed by atoms with van der Waals surface area (Å²) in [4.78, 5) is 0. The van der Waals surface area contributed by atoms with Crippen LogP contribution in [0.5, 0.6) is 0 Å². The van der Waals surface area contributed by atoms with E-state index in [0.29, 0.717) is 0 Å². The van der Waals surface area contributed by atoms with Crippen molar-refractivity contribution in [3.63, 3.8) is 0 Å². The molecule has 0 saturated heterocycles. The Bertz CT molecular complexity index is 1300. The lowest BCUT2D eigenvalue weighted by Gasteiger charge is -2.34. The Morgan fingerprint density at radius 3 is 1.58 bits per heavy atom. The quantitative estimate of drug-likeness (QED) is 0.275. The lowest BCUT2D eigenvalue weighted by Crippen LogP contribution is -2.28. The minimum absolute atomic E-state index is 0.307. The molecule has 0 saturated carbocycles. The van der Waals surface area contributed by atoms with Crippen molar-refractivity contribution in [2.45, 2.75) is 19.3 Å². The van der Waals surface area contributed by atoms with Gasteiger partial charge in [-0.15, -0.1) is 0 Å². The van der Waals surface area contributed by atoms with Gasteiger partial charge in [0.1, 0.15) is 0 Å². The molecule has 31 heavy (non-hydrogen) atoms.